The van der Waals surface area contributed by atoms with Gasteiger partial charge in [0, 0.05) is 10.5 Å². The molecule has 0 saturated heterocycles. The second kappa shape index (κ2) is 4.89. The minimum absolute atomic E-state index is 0.231. The van der Waals surface area contributed by atoms with Gasteiger partial charge in [-0.2, -0.15) is 0 Å². The Morgan fingerprint density at radius 3 is 2.44 bits per heavy atom. The van der Waals surface area contributed by atoms with Crippen molar-refractivity contribution in [3.8, 4) is 0 Å². The van der Waals surface area contributed by atoms with Gasteiger partial charge in [0.15, 0.2) is 0 Å². The van der Waals surface area contributed by atoms with Gasteiger partial charge in [0.1, 0.15) is 0 Å². The quantitative estimate of drug-likeness (QED) is 0.862. The second-order valence-corrected chi connectivity index (χ2v) is 5.88. The molecule has 0 spiro atoms. The summed E-state index contributed by atoms with van der Waals surface area (Å²) >= 11 is 3.57. The molecule has 2 heteroatoms. The summed E-state index contributed by atoms with van der Waals surface area (Å²) in [5.74, 6) is 0.694. The van der Waals surface area contributed by atoms with Crippen molar-refractivity contribution < 1.29 is 0 Å². The lowest BCUT2D eigenvalue weighted by Crippen LogP contribution is -2.20. The maximum Gasteiger partial charge on any atom is 0.0326 e. The number of benzene rings is 1. The molecule has 1 nitrogen and oxygen atoms in total. The Hall–Kier alpha value is -0.340. The fourth-order valence-corrected chi connectivity index (χ4v) is 3.19. The highest BCUT2D eigenvalue weighted by Crippen LogP contribution is 2.36. The molecule has 1 aliphatic carbocycles. The summed E-state index contributed by atoms with van der Waals surface area (Å²) in [5, 5.41) is 0. The third kappa shape index (κ3) is 2.33. The molecule has 16 heavy (non-hydrogen) atoms. The van der Waals surface area contributed by atoms with Gasteiger partial charge in [-0.1, -0.05) is 34.8 Å². The van der Waals surface area contributed by atoms with E-state index in [0.717, 1.165) is 0 Å². The fraction of sp³-hybridized carbons (Fsp3) is 0.571. The van der Waals surface area contributed by atoms with Gasteiger partial charge >= 0.3 is 0 Å². The predicted molar refractivity (Wildman–Crippen MR) is 72.5 cm³/mol. The average Bonchev–Trinajstić information content (AvgIpc) is 2.75. The van der Waals surface area contributed by atoms with Gasteiger partial charge in [-0.05, 0) is 55.4 Å². The summed E-state index contributed by atoms with van der Waals surface area (Å²) < 4.78 is 1.19. The summed E-state index contributed by atoms with van der Waals surface area (Å²) in [7, 11) is 0. The lowest BCUT2D eigenvalue weighted by atomic mass is 9.89. The molecule has 2 N–H and O–H groups in total. The van der Waals surface area contributed by atoms with Crippen molar-refractivity contribution in [1.29, 1.82) is 0 Å². The smallest absolute Gasteiger partial charge is 0.0326 e. The van der Waals surface area contributed by atoms with E-state index in [1.807, 2.05) is 0 Å². The van der Waals surface area contributed by atoms with Crippen LogP contribution in [0.4, 0.5) is 0 Å². The van der Waals surface area contributed by atoms with Gasteiger partial charge in [0.25, 0.3) is 0 Å². The van der Waals surface area contributed by atoms with Crippen LogP contribution in [0.1, 0.15) is 48.4 Å². The van der Waals surface area contributed by atoms with E-state index in [4.69, 9.17) is 5.73 Å². The van der Waals surface area contributed by atoms with Gasteiger partial charge < -0.3 is 5.73 Å². The molecule has 0 radical (unpaired) electrons. The highest BCUT2D eigenvalue weighted by atomic mass is 79.9. The van der Waals surface area contributed by atoms with Gasteiger partial charge in [-0.3, -0.25) is 0 Å². The van der Waals surface area contributed by atoms with Gasteiger partial charge in [-0.25, -0.2) is 0 Å². The van der Waals surface area contributed by atoms with Crippen molar-refractivity contribution >= 4 is 15.9 Å². The van der Waals surface area contributed by atoms with Crippen molar-refractivity contribution in [2.75, 3.05) is 0 Å². The van der Waals surface area contributed by atoms with Crippen LogP contribution < -0.4 is 5.73 Å². The van der Waals surface area contributed by atoms with Crippen LogP contribution in [-0.2, 0) is 0 Å². The molecule has 1 aromatic carbocycles. The van der Waals surface area contributed by atoms with Gasteiger partial charge in [0.2, 0.25) is 0 Å². The molecule has 1 saturated carbocycles. The van der Waals surface area contributed by atoms with Crippen LogP contribution in [0.15, 0.2) is 16.6 Å². The molecule has 1 unspecified atom stereocenters. The summed E-state index contributed by atoms with van der Waals surface area (Å²) in [4.78, 5) is 0. The van der Waals surface area contributed by atoms with E-state index >= 15 is 0 Å². The number of aryl methyl sites for hydroxylation is 2. The second-order valence-electron chi connectivity index (χ2n) is 5.03. The zero-order valence-corrected chi connectivity index (χ0v) is 11.7. The van der Waals surface area contributed by atoms with E-state index in [9.17, 15) is 0 Å². The van der Waals surface area contributed by atoms with Crippen molar-refractivity contribution in [2.24, 2.45) is 11.7 Å². The molecule has 1 atom stereocenters. The molecule has 0 aliphatic heterocycles. The summed E-state index contributed by atoms with van der Waals surface area (Å²) in [5.41, 5.74) is 10.3. The first-order valence-corrected chi connectivity index (χ1v) is 6.91. The number of halogens is 1. The van der Waals surface area contributed by atoms with Crippen LogP contribution in [0.5, 0.6) is 0 Å². The van der Waals surface area contributed by atoms with Crippen LogP contribution in [0, 0.1) is 19.8 Å². The SMILES string of the molecule is Cc1cc(C(N)C2CCCC2)c(C)cc1Br. The van der Waals surface area contributed by atoms with Gasteiger partial charge in [-0.15, -0.1) is 0 Å². The molecule has 0 aromatic heterocycles. The van der Waals surface area contributed by atoms with E-state index in [-0.39, 0.29) is 6.04 Å². The number of hydrogen-bond acceptors (Lipinski definition) is 1. The third-order valence-electron chi connectivity index (χ3n) is 3.81. The Morgan fingerprint density at radius 1 is 1.19 bits per heavy atom. The molecule has 1 aromatic rings. The molecule has 2 rings (SSSR count). The molecular weight excluding hydrogens is 262 g/mol. The highest BCUT2D eigenvalue weighted by Gasteiger charge is 2.24. The van der Waals surface area contributed by atoms with E-state index in [1.165, 1.54) is 46.8 Å². The van der Waals surface area contributed by atoms with E-state index in [0.29, 0.717) is 5.92 Å². The minimum Gasteiger partial charge on any atom is -0.324 e. The normalized spacial score (nSPS) is 19.0. The molecular formula is C14H20BrN. The first-order chi connectivity index (χ1) is 7.59. The summed E-state index contributed by atoms with van der Waals surface area (Å²) in [6.45, 7) is 4.29. The zero-order chi connectivity index (χ0) is 11.7. The predicted octanol–water partition coefficient (Wildman–Crippen LogP) is 4.26. The lowest BCUT2D eigenvalue weighted by Gasteiger charge is -2.22. The Balaban J connectivity index is 2.28. The molecule has 1 aliphatic rings. The molecule has 0 heterocycles. The Labute approximate surface area is 107 Å². The number of rotatable bonds is 2. The van der Waals surface area contributed by atoms with Crippen LogP contribution in [0.25, 0.3) is 0 Å². The molecule has 0 amide bonds. The van der Waals surface area contributed by atoms with Crippen LogP contribution in [0.2, 0.25) is 0 Å². The van der Waals surface area contributed by atoms with Crippen molar-refractivity contribution in [1.82, 2.24) is 0 Å². The zero-order valence-electron chi connectivity index (χ0n) is 10.1. The Kier molecular flexibility index (Phi) is 3.70. The lowest BCUT2D eigenvalue weighted by molar-refractivity contribution is 0.443. The van der Waals surface area contributed by atoms with Crippen LogP contribution in [0.3, 0.4) is 0 Å². The maximum atomic E-state index is 6.40. The first kappa shape index (κ1) is 12.1. The Bertz CT molecular complexity index is 381. The molecule has 88 valence electrons. The van der Waals surface area contributed by atoms with Crippen molar-refractivity contribution in [3.63, 3.8) is 0 Å². The monoisotopic (exact) mass is 281 g/mol. The van der Waals surface area contributed by atoms with Crippen LogP contribution >= 0.6 is 15.9 Å². The number of nitrogens with two attached hydrogens (primary N) is 1. The van der Waals surface area contributed by atoms with Crippen molar-refractivity contribution in [2.45, 2.75) is 45.6 Å². The third-order valence-corrected chi connectivity index (χ3v) is 4.67. The molecule has 1 fully saturated rings. The maximum absolute atomic E-state index is 6.40. The minimum atomic E-state index is 0.231. The van der Waals surface area contributed by atoms with E-state index in [2.05, 4.69) is 41.9 Å². The Morgan fingerprint density at radius 2 is 1.81 bits per heavy atom. The number of hydrogen-bond donors (Lipinski definition) is 1. The van der Waals surface area contributed by atoms with Crippen molar-refractivity contribution in [3.05, 3.63) is 33.3 Å². The van der Waals surface area contributed by atoms with Crippen LogP contribution in [-0.4, -0.2) is 0 Å². The molecule has 0 bridgehead atoms. The van der Waals surface area contributed by atoms with E-state index < -0.39 is 0 Å². The van der Waals surface area contributed by atoms with Gasteiger partial charge in [0.05, 0.1) is 0 Å². The first-order valence-electron chi connectivity index (χ1n) is 6.12. The highest BCUT2D eigenvalue weighted by molar-refractivity contribution is 9.10. The average molecular weight is 282 g/mol. The largest absolute Gasteiger partial charge is 0.324 e. The standard InChI is InChI=1S/C14H20BrN/c1-9-8-13(15)10(2)7-12(9)14(16)11-5-3-4-6-11/h7-8,11,14H,3-6,16H2,1-2H3. The van der Waals surface area contributed by atoms with E-state index in [1.54, 1.807) is 0 Å². The topological polar surface area (TPSA) is 26.0 Å². The summed E-state index contributed by atoms with van der Waals surface area (Å²) in [6, 6.07) is 4.68. The summed E-state index contributed by atoms with van der Waals surface area (Å²) in [6.07, 6.45) is 5.31. The fourth-order valence-electron chi connectivity index (χ4n) is 2.73.